The zero-order chi connectivity index (χ0) is 21.1. The molecule has 1 fully saturated rings. The summed E-state index contributed by atoms with van der Waals surface area (Å²) >= 11 is 14.2. The molecule has 0 bridgehead atoms. The molecule has 0 radical (unpaired) electrons. The molecule has 1 aliphatic carbocycles. The molecule has 0 saturated heterocycles. The molecular formula is C25H22Cl2O3. The van der Waals surface area contributed by atoms with E-state index >= 15 is 0 Å². The minimum Gasteiger partial charge on any atom is -0.493 e. The lowest BCUT2D eigenvalue weighted by Crippen LogP contribution is -2.33. The van der Waals surface area contributed by atoms with E-state index < -0.39 is 15.3 Å². The van der Waals surface area contributed by atoms with Crippen LogP contribution in [-0.2, 0) is 5.60 Å². The third-order valence-corrected chi connectivity index (χ3v) is 8.07. The molecule has 1 heterocycles. The van der Waals surface area contributed by atoms with Crippen LogP contribution in [0.5, 0.6) is 17.2 Å². The fourth-order valence-corrected chi connectivity index (χ4v) is 6.29. The van der Waals surface area contributed by atoms with Crippen LogP contribution < -0.4 is 14.2 Å². The maximum Gasteiger partial charge on any atom is 0.177 e. The van der Waals surface area contributed by atoms with Gasteiger partial charge >= 0.3 is 0 Å². The summed E-state index contributed by atoms with van der Waals surface area (Å²) in [6.07, 6.45) is 0. The Morgan fingerprint density at radius 1 is 0.833 bits per heavy atom. The zero-order valence-corrected chi connectivity index (χ0v) is 18.5. The van der Waals surface area contributed by atoms with Gasteiger partial charge in [-0.3, -0.25) is 0 Å². The van der Waals surface area contributed by atoms with Crippen molar-refractivity contribution in [3.63, 3.8) is 0 Å². The van der Waals surface area contributed by atoms with Crippen LogP contribution >= 0.6 is 23.2 Å². The van der Waals surface area contributed by atoms with E-state index in [4.69, 9.17) is 37.4 Å². The number of hydrogen-bond acceptors (Lipinski definition) is 3. The van der Waals surface area contributed by atoms with Crippen LogP contribution in [-0.4, -0.2) is 18.6 Å². The van der Waals surface area contributed by atoms with Gasteiger partial charge in [-0.15, -0.1) is 0 Å². The smallest absolute Gasteiger partial charge is 0.177 e. The van der Waals surface area contributed by atoms with Gasteiger partial charge in [0.15, 0.2) is 21.4 Å². The molecule has 5 heteroatoms. The summed E-state index contributed by atoms with van der Waals surface area (Å²) in [6, 6.07) is 24.2. The first-order valence-corrected chi connectivity index (χ1v) is 10.6. The predicted octanol–water partition coefficient (Wildman–Crippen LogP) is 6.32. The van der Waals surface area contributed by atoms with Gasteiger partial charge in [0.1, 0.15) is 5.75 Å². The van der Waals surface area contributed by atoms with Crippen molar-refractivity contribution >= 4 is 23.2 Å². The van der Waals surface area contributed by atoms with Gasteiger partial charge in [0.05, 0.1) is 19.6 Å². The number of fused-ring (bicyclic) bond motifs is 2. The van der Waals surface area contributed by atoms with Gasteiger partial charge in [-0.05, 0) is 23.8 Å². The first-order valence-electron chi connectivity index (χ1n) is 9.85. The maximum atomic E-state index is 7.12. The van der Waals surface area contributed by atoms with Crippen LogP contribution in [0.2, 0.25) is 0 Å². The average molecular weight is 441 g/mol. The van der Waals surface area contributed by atoms with E-state index in [1.165, 1.54) is 0 Å². The van der Waals surface area contributed by atoms with Crippen LogP contribution in [0.1, 0.15) is 29.5 Å². The van der Waals surface area contributed by atoms with E-state index in [0.29, 0.717) is 11.5 Å². The van der Waals surface area contributed by atoms with Crippen molar-refractivity contribution in [3.05, 3.63) is 89.5 Å². The first-order chi connectivity index (χ1) is 14.4. The summed E-state index contributed by atoms with van der Waals surface area (Å²) in [5.74, 6) is 2.01. The van der Waals surface area contributed by atoms with Gasteiger partial charge in [-0.1, -0.05) is 84.7 Å². The summed E-state index contributed by atoms with van der Waals surface area (Å²) in [5, 5.41) is 0. The topological polar surface area (TPSA) is 27.7 Å². The van der Waals surface area contributed by atoms with Crippen molar-refractivity contribution in [1.29, 1.82) is 0 Å². The van der Waals surface area contributed by atoms with E-state index in [9.17, 15) is 0 Å². The SMILES string of the molecule is COc1ccc([C@]23Oc4ccccc4[C@H](c4ccccc4)[C@]2(C)C3(Cl)Cl)cc1OC. The number of alkyl halides is 2. The second-order valence-corrected chi connectivity index (χ2v) is 9.34. The van der Waals surface area contributed by atoms with Crippen molar-refractivity contribution in [2.75, 3.05) is 14.2 Å². The minimum absolute atomic E-state index is 0.0354. The van der Waals surface area contributed by atoms with Gasteiger partial charge in [0, 0.05) is 17.0 Å². The fourth-order valence-electron chi connectivity index (χ4n) is 5.21. The Morgan fingerprint density at radius 2 is 1.50 bits per heavy atom. The highest BCUT2D eigenvalue weighted by Crippen LogP contribution is 2.85. The van der Waals surface area contributed by atoms with E-state index in [-0.39, 0.29) is 5.92 Å². The highest BCUT2D eigenvalue weighted by atomic mass is 35.5. The molecule has 3 aromatic rings. The third-order valence-electron chi connectivity index (χ3n) is 6.76. The highest BCUT2D eigenvalue weighted by Gasteiger charge is 2.91. The Morgan fingerprint density at radius 3 is 2.20 bits per heavy atom. The van der Waals surface area contributed by atoms with E-state index in [1.54, 1.807) is 14.2 Å². The quantitative estimate of drug-likeness (QED) is 0.444. The Balaban J connectivity index is 1.76. The number of benzene rings is 3. The lowest BCUT2D eigenvalue weighted by atomic mass is 9.74. The molecular weight excluding hydrogens is 419 g/mol. The maximum absolute atomic E-state index is 7.12. The standard InChI is InChI=1S/C25H22Cl2O3/c1-23-22(16-9-5-4-6-10-16)18-11-7-8-12-19(18)30-24(23,25(23,26)27)17-13-14-20(28-2)21(15-17)29-3/h4-15,22H,1-3H3/t22-,23-,24-/m0/s1. The fraction of sp³-hybridized carbons (Fsp3) is 0.280. The van der Waals surface area contributed by atoms with Gasteiger partial charge in [-0.25, -0.2) is 0 Å². The monoisotopic (exact) mass is 440 g/mol. The van der Waals surface area contributed by atoms with Crippen molar-refractivity contribution in [2.45, 2.75) is 22.8 Å². The Hall–Kier alpha value is -2.36. The van der Waals surface area contributed by atoms with E-state index in [0.717, 1.165) is 22.4 Å². The van der Waals surface area contributed by atoms with Crippen molar-refractivity contribution < 1.29 is 14.2 Å². The van der Waals surface area contributed by atoms with E-state index in [2.05, 4.69) is 25.1 Å². The molecule has 1 aliphatic heterocycles. The molecule has 3 aromatic carbocycles. The lowest BCUT2D eigenvalue weighted by molar-refractivity contribution is 0.102. The Labute approximate surface area is 186 Å². The van der Waals surface area contributed by atoms with Crippen LogP contribution in [0, 0.1) is 5.41 Å². The Bertz CT molecular complexity index is 1110. The summed E-state index contributed by atoms with van der Waals surface area (Å²) in [7, 11) is 3.23. The van der Waals surface area contributed by atoms with E-state index in [1.807, 2.05) is 54.6 Å². The summed E-state index contributed by atoms with van der Waals surface area (Å²) in [6.45, 7) is 2.11. The molecule has 30 heavy (non-hydrogen) atoms. The molecule has 0 unspecified atom stereocenters. The molecule has 154 valence electrons. The zero-order valence-electron chi connectivity index (χ0n) is 17.0. The Kier molecular flexibility index (Phi) is 4.29. The lowest BCUT2D eigenvalue weighted by Gasteiger charge is -2.36. The van der Waals surface area contributed by atoms with Crippen LogP contribution in [0.25, 0.3) is 0 Å². The second-order valence-electron chi connectivity index (χ2n) is 8.01. The molecule has 0 amide bonds. The number of halogens is 2. The highest BCUT2D eigenvalue weighted by molar-refractivity contribution is 6.53. The van der Waals surface area contributed by atoms with Crippen LogP contribution in [0.3, 0.4) is 0 Å². The number of hydrogen-bond donors (Lipinski definition) is 0. The molecule has 0 spiro atoms. The van der Waals surface area contributed by atoms with Gasteiger partial charge in [0.2, 0.25) is 0 Å². The number of ether oxygens (including phenoxy) is 3. The first kappa shape index (κ1) is 19.6. The average Bonchev–Trinajstić information content (AvgIpc) is 3.18. The molecule has 5 rings (SSSR count). The van der Waals surface area contributed by atoms with Crippen LogP contribution in [0.4, 0.5) is 0 Å². The van der Waals surface area contributed by atoms with Gasteiger partial charge < -0.3 is 14.2 Å². The number of rotatable bonds is 4. The normalized spacial score (nSPS) is 28.0. The molecule has 0 N–H and O–H groups in total. The largest absolute Gasteiger partial charge is 0.493 e. The molecule has 0 aromatic heterocycles. The summed E-state index contributed by atoms with van der Waals surface area (Å²) in [5.41, 5.74) is 1.58. The van der Waals surface area contributed by atoms with Gasteiger partial charge in [0.25, 0.3) is 0 Å². The number of para-hydroxylation sites is 1. The van der Waals surface area contributed by atoms with Gasteiger partial charge in [-0.2, -0.15) is 0 Å². The third kappa shape index (κ3) is 2.23. The van der Waals surface area contributed by atoms with Crippen molar-refractivity contribution in [2.24, 2.45) is 5.41 Å². The summed E-state index contributed by atoms with van der Waals surface area (Å²) in [4.78, 5) is 0. The minimum atomic E-state index is -1.15. The summed E-state index contributed by atoms with van der Waals surface area (Å²) < 4.78 is 16.5. The number of methoxy groups -OCH3 is 2. The van der Waals surface area contributed by atoms with Crippen molar-refractivity contribution in [1.82, 2.24) is 0 Å². The van der Waals surface area contributed by atoms with Crippen molar-refractivity contribution in [3.8, 4) is 17.2 Å². The second kappa shape index (κ2) is 6.57. The molecule has 3 atom stereocenters. The molecule has 3 nitrogen and oxygen atoms in total. The van der Waals surface area contributed by atoms with Crippen LogP contribution in [0.15, 0.2) is 72.8 Å². The molecule has 2 aliphatic rings. The molecule has 1 saturated carbocycles. The predicted molar refractivity (Wildman–Crippen MR) is 119 cm³/mol.